The average Bonchev–Trinajstić information content (AvgIpc) is 3.47. The first-order valence-electron chi connectivity index (χ1n) is 16.9. The lowest BCUT2D eigenvalue weighted by molar-refractivity contribution is 0.157. The van der Waals surface area contributed by atoms with E-state index in [9.17, 15) is 4.79 Å². The molecule has 47 heavy (non-hydrogen) atoms. The van der Waals surface area contributed by atoms with Crippen LogP contribution in [-0.2, 0) is 13.1 Å². The van der Waals surface area contributed by atoms with Crippen molar-refractivity contribution in [3.05, 3.63) is 76.3 Å². The number of fused-ring (bicyclic) bond motifs is 1. The van der Waals surface area contributed by atoms with Gasteiger partial charge >= 0.3 is 0 Å². The summed E-state index contributed by atoms with van der Waals surface area (Å²) in [6.45, 7) is 7.68. The number of nitrogens with two attached hydrogens (primary N) is 1. The van der Waals surface area contributed by atoms with E-state index in [-0.39, 0.29) is 17.5 Å². The number of benzene rings is 1. The number of aromatic nitrogens is 3. The molecule has 1 saturated carbocycles. The quantitative estimate of drug-likeness (QED) is 0.281. The van der Waals surface area contributed by atoms with Crippen LogP contribution in [0.4, 0.5) is 17.2 Å². The predicted molar refractivity (Wildman–Crippen MR) is 185 cm³/mol. The molecule has 1 aliphatic carbocycles. The minimum absolute atomic E-state index is 0.0740. The molecular formula is C36H44N8O3. The van der Waals surface area contributed by atoms with Crippen LogP contribution in [0.1, 0.15) is 36.9 Å². The second kappa shape index (κ2) is 12.0. The highest BCUT2D eigenvalue weighted by atomic mass is 16.5. The van der Waals surface area contributed by atoms with Crippen LogP contribution in [0.3, 0.4) is 0 Å². The Bertz CT molecular complexity index is 1830. The summed E-state index contributed by atoms with van der Waals surface area (Å²) in [5.74, 6) is 3.41. The molecule has 3 fully saturated rings. The second-order valence-corrected chi connectivity index (χ2v) is 13.7. The fraction of sp³-hybridized carbons (Fsp3) is 0.472. The number of pyridine rings is 3. The Labute approximate surface area is 275 Å². The van der Waals surface area contributed by atoms with Crippen molar-refractivity contribution < 1.29 is 9.47 Å². The van der Waals surface area contributed by atoms with Gasteiger partial charge in [-0.15, -0.1) is 0 Å². The highest BCUT2D eigenvalue weighted by molar-refractivity contribution is 5.92. The lowest BCUT2D eigenvalue weighted by atomic mass is 10.0. The van der Waals surface area contributed by atoms with Gasteiger partial charge in [0.2, 0.25) is 5.88 Å². The second-order valence-electron chi connectivity index (χ2n) is 13.7. The van der Waals surface area contributed by atoms with E-state index in [2.05, 4.69) is 59.8 Å². The summed E-state index contributed by atoms with van der Waals surface area (Å²) in [7, 11) is 3.53. The molecule has 4 unspecified atom stereocenters. The molecule has 0 radical (unpaired) electrons. The first-order chi connectivity index (χ1) is 22.9. The van der Waals surface area contributed by atoms with E-state index in [0.29, 0.717) is 43.5 Å². The lowest BCUT2D eigenvalue weighted by Crippen LogP contribution is -2.48. The molecule has 4 aliphatic rings. The zero-order chi connectivity index (χ0) is 32.2. The Morgan fingerprint density at radius 2 is 1.94 bits per heavy atom. The van der Waals surface area contributed by atoms with Crippen molar-refractivity contribution in [2.75, 3.05) is 62.1 Å². The number of piperidine rings is 2. The summed E-state index contributed by atoms with van der Waals surface area (Å²) in [6, 6.07) is 13.0. The molecule has 246 valence electrons. The van der Waals surface area contributed by atoms with Crippen LogP contribution in [-0.4, -0.2) is 78.5 Å². The SMILES string of the molecule is CNc1ccc(N2CCCC(N(Cc3ccnc(OC)c3)Cc3cn4c5c(c(N6CC7C(N)C7C6)ccc5c3=O)OCC4C)C2)cn1. The number of methoxy groups -OCH3 is 1. The highest BCUT2D eigenvalue weighted by Gasteiger charge is 2.54. The van der Waals surface area contributed by atoms with Crippen LogP contribution in [0.25, 0.3) is 10.9 Å². The van der Waals surface area contributed by atoms with Crippen LogP contribution < -0.4 is 35.8 Å². The van der Waals surface area contributed by atoms with Gasteiger partial charge in [-0.3, -0.25) is 9.69 Å². The summed E-state index contributed by atoms with van der Waals surface area (Å²) in [6.07, 6.45) is 7.94. The maximum Gasteiger partial charge on any atom is 0.213 e. The summed E-state index contributed by atoms with van der Waals surface area (Å²) < 4.78 is 14.1. The molecule has 11 heteroatoms. The molecule has 4 aromatic rings. The largest absolute Gasteiger partial charge is 0.487 e. The van der Waals surface area contributed by atoms with Gasteiger partial charge in [-0.2, -0.15) is 0 Å². The standard InChI is InChI=1S/C36H44N8O3/c1-22-21-47-36-30(43-19-28-29(20-43)33(28)37)8-7-27-34(36)44(22)17-24(35(27)45)16-42(15-23-10-11-39-32(13-23)46-3)26-5-4-12-41(18-26)25-6-9-31(38-2)40-14-25/h6-11,13-14,17,22,26,28-29,33H,4-5,12,15-16,18-21,37H2,1-3H3,(H,38,40). The molecule has 4 atom stereocenters. The number of hydrogen-bond acceptors (Lipinski definition) is 10. The smallest absolute Gasteiger partial charge is 0.213 e. The third kappa shape index (κ3) is 5.45. The van der Waals surface area contributed by atoms with Crippen molar-refractivity contribution in [1.82, 2.24) is 19.4 Å². The van der Waals surface area contributed by atoms with Gasteiger partial charge in [0.05, 0.1) is 36.2 Å². The maximum absolute atomic E-state index is 14.4. The van der Waals surface area contributed by atoms with Crippen molar-refractivity contribution in [2.45, 2.75) is 51.0 Å². The number of nitrogens with one attached hydrogen (secondary N) is 1. The van der Waals surface area contributed by atoms with Crippen molar-refractivity contribution in [2.24, 2.45) is 17.6 Å². The summed E-state index contributed by atoms with van der Waals surface area (Å²) >= 11 is 0. The first-order valence-corrected chi connectivity index (χ1v) is 16.9. The van der Waals surface area contributed by atoms with Crippen LogP contribution in [0.5, 0.6) is 11.6 Å². The number of nitrogens with zero attached hydrogens (tertiary/aromatic N) is 6. The fourth-order valence-electron chi connectivity index (χ4n) is 8.01. The number of rotatable bonds is 9. The van der Waals surface area contributed by atoms with E-state index >= 15 is 0 Å². The van der Waals surface area contributed by atoms with Crippen LogP contribution in [0.2, 0.25) is 0 Å². The third-order valence-corrected chi connectivity index (χ3v) is 10.8. The Morgan fingerprint density at radius 3 is 2.70 bits per heavy atom. The molecular weight excluding hydrogens is 592 g/mol. The maximum atomic E-state index is 14.4. The average molecular weight is 637 g/mol. The molecule has 3 aliphatic heterocycles. The van der Waals surface area contributed by atoms with E-state index in [1.54, 1.807) is 13.3 Å². The monoisotopic (exact) mass is 636 g/mol. The molecule has 0 spiro atoms. The Kier molecular flexibility index (Phi) is 7.68. The Morgan fingerprint density at radius 1 is 1.09 bits per heavy atom. The van der Waals surface area contributed by atoms with Crippen molar-refractivity contribution in [3.63, 3.8) is 0 Å². The minimum atomic E-state index is 0.0740. The van der Waals surface area contributed by atoms with E-state index in [1.807, 2.05) is 37.5 Å². The molecule has 8 rings (SSSR count). The van der Waals surface area contributed by atoms with E-state index in [1.165, 1.54) is 0 Å². The van der Waals surface area contributed by atoms with Crippen molar-refractivity contribution in [3.8, 4) is 11.6 Å². The topological polar surface area (TPSA) is 114 Å². The van der Waals surface area contributed by atoms with Gasteiger partial charge in [-0.05, 0) is 67.5 Å². The summed E-state index contributed by atoms with van der Waals surface area (Å²) in [5, 5.41) is 3.83. The molecule has 3 N–H and O–H groups in total. The van der Waals surface area contributed by atoms with Gasteiger partial charge in [0.25, 0.3) is 0 Å². The first kappa shape index (κ1) is 30.0. The van der Waals surface area contributed by atoms with Gasteiger partial charge in [0, 0.05) is 87.8 Å². The van der Waals surface area contributed by atoms with Gasteiger partial charge in [-0.1, -0.05) is 0 Å². The Hall–Kier alpha value is -4.35. The summed E-state index contributed by atoms with van der Waals surface area (Å²) in [4.78, 5) is 30.5. The zero-order valence-electron chi connectivity index (χ0n) is 27.4. The van der Waals surface area contributed by atoms with Gasteiger partial charge in [0.1, 0.15) is 12.4 Å². The molecule has 0 amide bonds. The molecule has 2 saturated heterocycles. The normalized spacial score (nSPS) is 24.7. The number of hydrogen-bond donors (Lipinski definition) is 2. The molecule has 0 bridgehead atoms. The molecule has 3 aromatic heterocycles. The van der Waals surface area contributed by atoms with Crippen LogP contribution in [0.15, 0.2) is 59.8 Å². The predicted octanol–water partition coefficient (Wildman–Crippen LogP) is 3.86. The minimum Gasteiger partial charge on any atom is -0.487 e. The molecule has 6 heterocycles. The van der Waals surface area contributed by atoms with Crippen molar-refractivity contribution >= 4 is 28.1 Å². The molecule has 11 nitrogen and oxygen atoms in total. The lowest BCUT2D eigenvalue weighted by Gasteiger charge is -2.40. The van der Waals surface area contributed by atoms with Crippen LogP contribution >= 0.6 is 0 Å². The molecule has 1 aromatic carbocycles. The van der Waals surface area contributed by atoms with E-state index in [4.69, 9.17) is 15.2 Å². The highest BCUT2D eigenvalue weighted by Crippen LogP contribution is 2.49. The third-order valence-electron chi connectivity index (χ3n) is 10.8. The van der Waals surface area contributed by atoms with Crippen LogP contribution in [0, 0.1) is 11.8 Å². The Balaban J connectivity index is 1.14. The number of anilines is 3. The number of ether oxygens (including phenoxy) is 2. The van der Waals surface area contributed by atoms with E-state index < -0.39 is 0 Å². The van der Waals surface area contributed by atoms with Gasteiger partial charge in [0.15, 0.2) is 11.2 Å². The summed E-state index contributed by atoms with van der Waals surface area (Å²) in [5.41, 5.74) is 11.3. The van der Waals surface area contributed by atoms with E-state index in [0.717, 1.165) is 84.0 Å². The van der Waals surface area contributed by atoms with Gasteiger partial charge in [-0.25, -0.2) is 9.97 Å². The van der Waals surface area contributed by atoms with Crippen molar-refractivity contribution in [1.29, 1.82) is 0 Å². The fourth-order valence-corrected chi connectivity index (χ4v) is 8.01. The zero-order valence-corrected chi connectivity index (χ0v) is 27.4. The van der Waals surface area contributed by atoms with Gasteiger partial charge < -0.3 is 34.9 Å².